The van der Waals surface area contributed by atoms with E-state index in [1.54, 1.807) is 45.3 Å². The maximum absolute atomic E-state index is 11.8. The molecule has 0 unspecified atom stereocenters. The number of anilines is 1. The zero-order valence-corrected chi connectivity index (χ0v) is 21.7. The van der Waals surface area contributed by atoms with Gasteiger partial charge in [0.1, 0.15) is 11.9 Å². The number of rotatable bonds is 4. The van der Waals surface area contributed by atoms with E-state index in [0.717, 1.165) is 0 Å². The summed E-state index contributed by atoms with van der Waals surface area (Å²) in [7, 11) is -1.86. The van der Waals surface area contributed by atoms with Crippen molar-refractivity contribution in [1.29, 1.82) is 5.26 Å². The fourth-order valence-corrected chi connectivity index (χ4v) is 2.41. The molecule has 2 heterocycles. The van der Waals surface area contributed by atoms with Gasteiger partial charge in [-0.3, -0.25) is 4.79 Å². The molecule has 0 bridgehead atoms. The molecule has 0 radical (unpaired) electrons. The van der Waals surface area contributed by atoms with Crippen molar-refractivity contribution < 1.29 is 75.6 Å². The van der Waals surface area contributed by atoms with E-state index in [4.69, 9.17) is 9.84 Å². The molecule has 0 aromatic carbocycles. The quantitative estimate of drug-likeness (QED) is 0.452. The van der Waals surface area contributed by atoms with E-state index in [2.05, 4.69) is 4.98 Å². The Hall–Kier alpha value is -0.807. The van der Waals surface area contributed by atoms with Gasteiger partial charge >= 0.3 is 63.3 Å². The van der Waals surface area contributed by atoms with Crippen LogP contribution in [0.3, 0.4) is 0 Å². The Bertz CT molecular complexity index is 762. The Morgan fingerprint density at radius 1 is 1.43 bits per heavy atom. The minimum Gasteiger partial charge on any atom is -0.859 e. The van der Waals surface area contributed by atoms with Gasteiger partial charge in [-0.2, -0.15) is 5.26 Å². The molecule has 1 aliphatic heterocycles. The molecule has 1 N–H and O–H groups in total. The Morgan fingerprint density at radius 3 is 2.32 bits per heavy atom. The van der Waals surface area contributed by atoms with Crippen LogP contribution in [0.25, 0.3) is 0 Å². The van der Waals surface area contributed by atoms with Crippen LogP contribution in [0, 0.1) is 23.7 Å². The first-order valence-corrected chi connectivity index (χ1v) is 12.0. The van der Waals surface area contributed by atoms with Gasteiger partial charge in [0.2, 0.25) is 0 Å². The van der Waals surface area contributed by atoms with Crippen LogP contribution in [0.5, 0.6) is 0 Å². The Labute approximate surface area is 209 Å². The first-order chi connectivity index (χ1) is 12.3. The van der Waals surface area contributed by atoms with Crippen LogP contribution in [0.2, 0.25) is 19.6 Å². The summed E-state index contributed by atoms with van der Waals surface area (Å²) in [5, 5.41) is 18.4. The van der Waals surface area contributed by atoms with Crippen LogP contribution in [-0.4, -0.2) is 50.0 Å². The fraction of sp³-hybridized carbons (Fsp3) is 0.556. The molecule has 8 nitrogen and oxygen atoms in total. The average molecular weight is 432 g/mol. The number of nitrogens with zero attached hydrogens (tertiary/aromatic N) is 3. The molecule has 2 rings (SSSR count). The summed E-state index contributed by atoms with van der Waals surface area (Å²) in [6.07, 6.45) is 0. The Balaban J connectivity index is 0.00000108. The summed E-state index contributed by atoms with van der Waals surface area (Å²) in [6, 6.07) is 3.46. The molecule has 1 aromatic heterocycles. The van der Waals surface area contributed by atoms with E-state index in [-0.39, 0.29) is 82.2 Å². The number of carboxylic acids is 1. The van der Waals surface area contributed by atoms with Crippen molar-refractivity contribution in [1.82, 2.24) is 4.98 Å². The van der Waals surface area contributed by atoms with E-state index < -0.39 is 25.7 Å². The third-order valence-corrected chi connectivity index (χ3v) is 3.70. The standard InChI is InChI=1S/C15H17N3O4.C3H9OSi.K/c1-4-22-13(19)11-5-10(6-16)12(17-9(11)2)18-7-15(3,8-18)14(20)21;1-5(2,3)4;/h5H,4,7-8H2,1-3H3,(H,20,21);1-3H3;/q;-1;+1. The SMILES string of the molecule is CCOC(=O)c1cc(C#N)c(N2CC(C)(C(=O)O)C2)nc1C.C[Si](C)(C)[O-].[K+]. The van der Waals surface area contributed by atoms with Gasteiger partial charge in [-0.1, -0.05) is 28.0 Å². The first-order valence-electron chi connectivity index (χ1n) is 8.60. The number of hydrogen-bond acceptors (Lipinski definition) is 7. The van der Waals surface area contributed by atoms with Crippen LogP contribution in [0.1, 0.15) is 35.5 Å². The molecule has 10 heteroatoms. The first kappa shape index (κ1) is 27.2. The summed E-state index contributed by atoms with van der Waals surface area (Å²) < 4.78 is 4.93. The van der Waals surface area contributed by atoms with Crippen LogP contribution in [0.15, 0.2) is 6.07 Å². The van der Waals surface area contributed by atoms with Crippen molar-refractivity contribution in [3.05, 3.63) is 22.9 Å². The predicted octanol–water partition coefficient (Wildman–Crippen LogP) is -1.47. The zero-order valence-electron chi connectivity index (χ0n) is 17.6. The second-order valence-corrected chi connectivity index (χ2v) is 11.9. The van der Waals surface area contributed by atoms with Gasteiger partial charge < -0.3 is 19.5 Å². The smallest absolute Gasteiger partial charge is 0.859 e. The number of pyridine rings is 1. The van der Waals surface area contributed by atoms with Crippen molar-refractivity contribution in [3.63, 3.8) is 0 Å². The van der Waals surface area contributed by atoms with Crippen molar-refractivity contribution in [2.75, 3.05) is 24.6 Å². The van der Waals surface area contributed by atoms with Gasteiger partial charge in [-0.15, -0.1) is 0 Å². The molecular weight excluding hydrogens is 405 g/mol. The molecule has 0 saturated carbocycles. The minimum atomic E-state index is -1.86. The van der Waals surface area contributed by atoms with Crippen molar-refractivity contribution in [3.8, 4) is 6.07 Å². The summed E-state index contributed by atoms with van der Waals surface area (Å²) in [4.78, 5) is 39.2. The number of carboxylic acid groups (broad SMARTS) is 1. The Kier molecular flexibility index (Phi) is 10.5. The van der Waals surface area contributed by atoms with E-state index in [9.17, 15) is 19.6 Å². The number of aryl methyl sites for hydroxylation is 1. The summed E-state index contributed by atoms with van der Waals surface area (Å²) in [5.41, 5.74) is 0.114. The molecule has 1 fully saturated rings. The van der Waals surface area contributed by atoms with Gasteiger partial charge in [-0.25, -0.2) is 9.78 Å². The van der Waals surface area contributed by atoms with E-state index >= 15 is 0 Å². The van der Waals surface area contributed by atoms with E-state index in [0.29, 0.717) is 11.5 Å². The summed E-state index contributed by atoms with van der Waals surface area (Å²) in [6.45, 7) is 11.1. The largest absolute Gasteiger partial charge is 1.00 e. The third-order valence-electron chi connectivity index (χ3n) is 3.70. The molecule has 1 saturated heterocycles. The second kappa shape index (κ2) is 10.8. The summed E-state index contributed by atoms with van der Waals surface area (Å²) in [5.74, 6) is -0.983. The van der Waals surface area contributed by atoms with Gasteiger partial charge in [-0.05, 0) is 26.8 Å². The van der Waals surface area contributed by atoms with Crippen LogP contribution in [-0.2, 0) is 9.53 Å². The number of carbonyl (C=O) groups is 2. The zero-order chi connectivity index (χ0) is 21.0. The molecule has 0 spiro atoms. The summed E-state index contributed by atoms with van der Waals surface area (Å²) >= 11 is 0. The van der Waals surface area contributed by atoms with E-state index in [1.807, 2.05) is 6.07 Å². The van der Waals surface area contributed by atoms with Gasteiger partial charge in [0.05, 0.1) is 28.8 Å². The van der Waals surface area contributed by atoms with Gasteiger partial charge in [0.15, 0.2) is 0 Å². The molecule has 0 atom stereocenters. The normalized spacial score (nSPS) is 14.4. The Morgan fingerprint density at radius 2 is 1.93 bits per heavy atom. The predicted molar refractivity (Wildman–Crippen MR) is 101 cm³/mol. The van der Waals surface area contributed by atoms with Gasteiger partial charge in [0, 0.05) is 13.1 Å². The van der Waals surface area contributed by atoms with Crippen molar-refractivity contribution in [2.24, 2.45) is 5.41 Å². The molecule has 148 valence electrons. The molecule has 28 heavy (non-hydrogen) atoms. The monoisotopic (exact) mass is 431 g/mol. The average Bonchev–Trinajstić information content (AvgIpc) is 2.49. The molecule has 0 aliphatic carbocycles. The number of ether oxygens (including phenoxy) is 1. The van der Waals surface area contributed by atoms with Crippen LogP contribution in [0.4, 0.5) is 5.82 Å². The fourth-order valence-electron chi connectivity index (χ4n) is 2.41. The number of aliphatic carboxylic acids is 1. The van der Waals surface area contributed by atoms with Crippen molar-refractivity contribution in [2.45, 2.75) is 40.4 Å². The van der Waals surface area contributed by atoms with E-state index in [1.165, 1.54) is 6.07 Å². The number of carbonyl (C=O) groups excluding carboxylic acids is 1. The van der Waals surface area contributed by atoms with Crippen LogP contribution >= 0.6 is 0 Å². The molecule has 0 amide bonds. The number of nitriles is 1. The molecule has 1 aromatic rings. The second-order valence-electron chi connectivity index (χ2n) is 7.66. The molecular formula is C18H26KN3O5Si. The topological polar surface area (TPSA) is 127 Å². The number of hydrogen-bond donors (Lipinski definition) is 1. The number of esters is 1. The number of aromatic nitrogens is 1. The van der Waals surface area contributed by atoms with Crippen LogP contribution < -0.4 is 61.1 Å². The maximum Gasteiger partial charge on any atom is 1.00 e. The third kappa shape index (κ3) is 7.55. The minimum absolute atomic E-state index is 0. The van der Waals surface area contributed by atoms with Crippen molar-refractivity contribution >= 4 is 26.1 Å². The maximum atomic E-state index is 11.8. The van der Waals surface area contributed by atoms with Gasteiger partial charge in [0.25, 0.3) is 0 Å². The molecule has 1 aliphatic rings.